The molecule has 1 heterocycles. The Morgan fingerprint density at radius 3 is 2.57 bits per heavy atom. The zero-order valence-electron chi connectivity index (χ0n) is 13.5. The third kappa shape index (κ3) is 2.46. The van der Waals surface area contributed by atoms with Gasteiger partial charge < -0.3 is 14.3 Å². The van der Waals surface area contributed by atoms with Crippen molar-refractivity contribution in [2.75, 3.05) is 0 Å². The molecule has 0 spiro atoms. The van der Waals surface area contributed by atoms with Crippen LogP contribution >= 0.6 is 0 Å². The van der Waals surface area contributed by atoms with Gasteiger partial charge in [0.1, 0.15) is 11.6 Å². The standard InChI is InChI=1S/C17H26O4/c1-10(18)9-11-5-6-12-14-13(20-16(2,3)21-14)7-8-17(12,4)15(11)19/h11-14H,5-9H2,1-4H3/t11-,12+,13-,14+,17-/m0/s1. The number of hydrogen-bond donors (Lipinski definition) is 0. The molecule has 5 atom stereocenters. The Kier molecular flexibility index (Phi) is 3.53. The monoisotopic (exact) mass is 294 g/mol. The number of rotatable bonds is 2. The van der Waals surface area contributed by atoms with E-state index in [1.54, 1.807) is 6.92 Å². The highest BCUT2D eigenvalue weighted by molar-refractivity contribution is 5.91. The zero-order chi connectivity index (χ0) is 15.4. The molecule has 3 rings (SSSR count). The fraction of sp³-hybridized carbons (Fsp3) is 0.882. The van der Waals surface area contributed by atoms with Gasteiger partial charge in [0.25, 0.3) is 0 Å². The Hall–Kier alpha value is -0.740. The lowest BCUT2D eigenvalue weighted by Gasteiger charge is -2.49. The number of hydrogen-bond acceptors (Lipinski definition) is 4. The normalized spacial score (nSPS) is 45.0. The van der Waals surface area contributed by atoms with Crippen molar-refractivity contribution in [1.29, 1.82) is 0 Å². The van der Waals surface area contributed by atoms with Crippen LogP contribution in [0.4, 0.5) is 0 Å². The van der Waals surface area contributed by atoms with Gasteiger partial charge in [0.15, 0.2) is 5.79 Å². The molecule has 3 fully saturated rings. The Morgan fingerprint density at radius 1 is 1.19 bits per heavy atom. The zero-order valence-corrected chi connectivity index (χ0v) is 13.5. The van der Waals surface area contributed by atoms with Gasteiger partial charge in [-0.05, 0) is 46.5 Å². The molecule has 0 aromatic rings. The summed E-state index contributed by atoms with van der Waals surface area (Å²) < 4.78 is 12.1. The van der Waals surface area contributed by atoms with Crippen molar-refractivity contribution in [3.05, 3.63) is 0 Å². The van der Waals surface area contributed by atoms with Gasteiger partial charge in [0, 0.05) is 23.7 Å². The average molecular weight is 294 g/mol. The van der Waals surface area contributed by atoms with Gasteiger partial charge in [-0.3, -0.25) is 4.79 Å². The molecule has 118 valence electrons. The topological polar surface area (TPSA) is 52.6 Å². The van der Waals surface area contributed by atoms with E-state index in [-0.39, 0.29) is 41.0 Å². The maximum Gasteiger partial charge on any atom is 0.163 e. The Labute approximate surface area is 126 Å². The molecule has 3 aliphatic rings. The fourth-order valence-electron chi connectivity index (χ4n) is 4.73. The first-order valence-corrected chi connectivity index (χ1v) is 8.12. The molecule has 0 aromatic carbocycles. The summed E-state index contributed by atoms with van der Waals surface area (Å²) in [5.74, 6) is -0.00408. The second-order valence-corrected chi connectivity index (χ2v) is 7.75. The molecule has 0 unspecified atom stereocenters. The quantitative estimate of drug-likeness (QED) is 0.786. The molecule has 2 saturated carbocycles. The van der Waals surface area contributed by atoms with Crippen LogP contribution in [0.3, 0.4) is 0 Å². The van der Waals surface area contributed by atoms with E-state index in [1.807, 2.05) is 13.8 Å². The molecule has 21 heavy (non-hydrogen) atoms. The van der Waals surface area contributed by atoms with Crippen molar-refractivity contribution < 1.29 is 19.1 Å². The van der Waals surface area contributed by atoms with Crippen LogP contribution in [0.1, 0.15) is 59.8 Å². The van der Waals surface area contributed by atoms with Crippen LogP contribution in [-0.2, 0) is 19.1 Å². The molecule has 4 heteroatoms. The minimum Gasteiger partial charge on any atom is -0.345 e. The lowest BCUT2D eigenvalue weighted by molar-refractivity contribution is -0.162. The van der Waals surface area contributed by atoms with Crippen LogP contribution in [0.2, 0.25) is 0 Å². The van der Waals surface area contributed by atoms with Crippen molar-refractivity contribution in [3.8, 4) is 0 Å². The summed E-state index contributed by atoms with van der Waals surface area (Å²) >= 11 is 0. The van der Waals surface area contributed by atoms with E-state index in [1.165, 1.54) is 0 Å². The highest BCUT2D eigenvalue weighted by atomic mass is 16.8. The third-order valence-electron chi connectivity index (χ3n) is 5.68. The van der Waals surface area contributed by atoms with Crippen molar-refractivity contribution >= 4 is 11.6 Å². The molecule has 0 amide bonds. The minimum atomic E-state index is -0.542. The molecular formula is C17H26O4. The lowest BCUT2D eigenvalue weighted by Crippen LogP contribution is -2.54. The smallest absolute Gasteiger partial charge is 0.163 e. The lowest BCUT2D eigenvalue weighted by atomic mass is 9.55. The summed E-state index contributed by atoms with van der Waals surface area (Å²) in [5, 5.41) is 0. The van der Waals surface area contributed by atoms with E-state index < -0.39 is 5.79 Å². The summed E-state index contributed by atoms with van der Waals surface area (Å²) in [6.07, 6.45) is 4.05. The van der Waals surface area contributed by atoms with E-state index >= 15 is 0 Å². The highest BCUT2D eigenvalue weighted by Crippen LogP contribution is 2.54. The molecule has 0 bridgehead atoms. The van der Waals surface area contributed by atoms with E-state index in [0.717, 1.165) is 25.7 Å². The number of ether oxygens (including phenoxy) is 2. The molecule has 2 aliphatic carbocycles. The predicted molar refractivity (Wildman–Crippen MR) is 77.7 cm³/mol. The maximum atomic E-state index is 12.9. The molecule has 0 aromatic heterocycles. The molecule has 1 saturated heterocycles. The first kappa shape index (κ1) is 15.2. The SMILES string of the molecule is CC(=O)C[C@@H]1CC[C@@H]2[C@H]3OC(C)(C)O[C@H]3CC[C@]2(C)C1=O. The molecule has 0 radical (unpaired) electrons. The van der Waals surface area contributed by atoms with Crippen LogP contribution in [0, 0.1) is 17.3 Å². The molecule has 4 nitrogen and oxygen atoms in total. The highest BCUT2D eigenvalue weighted by Gasteiger charge is 2.59. The van der Waals surface area contributed by atoms with Gasteiger partial charge in [0.05, 0.1) is 12.2 Å². The predicted octanol–water partition coefficient (Wildman–Crippen LogP) is 2.88. The second-order valence-electron chi connectivity index (χ2n) is 7.75. The summed E-state index contributed by atoms with van der Waals surface area (Å²) in [6, 6.07) is 0. The summed E-state index contributed by atoms with van der Waals surface area (Å²) in [6.45, 7) is 7.56. The summed E-state index contributed by atoms with van der Waals surface area (Å²) in [7, 11) is 0. The van der Waals surface area contributed by atoms with Crippen LogP contribution in [0.5, 0.6) is 0 Å². The maximum absolute atomic E-state index is 12.9. The largest absolute Gasteiger partial charge is 0.345 e. The number of fused-ring (bicyclic) bond motifs is 3. The van der Waals surface area contributed by atoms with E-state index in [9.17, 15) is 9.59 Å². The van der Waals surface area contributed by atoms with Crippen LogP contribution in [-0.4, -0.2) is 29.6 Å². The summed E-state index contributed by atoms with van der Waals surface area (Å²) in [4.78, 5) is 24.3. The second kappa shape index (κ2) is 4.88. The Morgan fingerprint density at radius 2 is 1.90 bits per heavy atom. The number of Topliss-reactive ketones (excluding diaryl/α,β-unsaturated/α-hetero) is 2. The molecular weight excluding hydrogens is 268 g/mol. The Balaban J connectivity index is 1.83. The Bertz CT molecular complexity index is 469. The van der Waals surface area contributed by atoms with Crippen molar-refractivity contribution in [2.45, 2.75) is 77.8 Å². The van der Waals surface area contributed by atoms with E-state index in [0.29, 0.717) is 6.42 Å². The van der Waals surface area contributed by atoms with Gasteiger partial charge in [0.2, 0.25) is 0 Å². The first-order chi connectivity index (χ1) is 9.73. The minimum absolute atomic E-state index is 0.0287. The van der Waals surface area contributed by atoms with Gasteiger partial charge in [-0.25, -0.2) is 0 Å². The number of carbonyl (C=O) groups is 2. The van der Waals surface area contributed by atoms with Gasteiger partial charge in [-0.1, -0.05) is 6.92 Å². The van der Waals surface area contributed by atoms with E-state index in [4.69, 9.17) is 9.47 Å². The van der Waals surface area contributed by atoms with Crippen molar-refractivity contribution in [1.82, 2.24) is 0 Å². The third-order valence-corrected chi connectivity index (χ3v) is 5.68. The van der Waals surface area contributed by atoms with Gasteiger partial charge in [-0.15, -0.1) is 0 Å². The molecule has 1 aliphatic heterocycles. The van der Waals surface area contributed by atoms with E-state index in [2.05, 4.69) is 6.92 Å². The van der Waals surface area contributed by atoms with Gasteiger partial charge >= 0.3 is 0 Å². The van der Waals surface area contributed by atoms with Crippen LogP contribution < -0.4 is 0 Å². The summed E-state index contributed by atoms with van der Waals surface area (Å²) in [5.41, 5.74) is -0.344. The first-order valence-electron chi connectivity index (χ1n) is 8.12. The van der Waals surface area contributed by atoms with Crippen molar-refractivity contribution in [3.63, 3.8) is 0 Å². The fourth-order valence-corrected chi connectivity index (χ4v) is 4.73. The molecule has 0 N–H and O–H groups in total. The van der Waals surface area contributed by atoms with Crippen LogP contribution in [0.15, 0.2) is 0 Å². The van der Waals surface area contributed by atoms with Crippen molar-refractivity contribution in [2.24, 2.45) is 17.3 Å². The van der Waals surface area contributed by atoms with Gasteiger partial charge in [-0.2, -0.15) is 0 Å². The number of carbonyl (C=O) groups excluding carboxylic acids is 2. The van der Waals surface area contributed by atoms with Crippen LogP contribution in [0.25, 0.3) is 0 Å². The number of ketones is 2. The average Bonchev–Trinajstić information content (AvgIpc) is 2.68.